The highest BCUT2D eigenvalue weighted by Gasteiger charge is 2.62. The largest absolute Gasteiger partial charge is 0.497 e. The second kappa shape index (κ2) is 32.4. The van der Waals surface area contributed by atoms with Crippen molar-refractivity contribution in [2.24, 2.45) is 11.8 Å². The molecule has 0 aliphatic carbocycles. The minimum atomic E-state index is -2.77. The van der Waals surface area contributed by atoms with E-state index in [0.29, 0.717) is 45.7 Å². The van der Waals surface area contributed by atoms with Crippen LogP contribution in [0.5, 0.6) is 5.75 Å². The van der Waals surface area contributed by atoms with Crippen molar-refractivity contribution in [1.82, 2.24) is 0 Å². The molecule has 6 rings (SSSR count). The van der Waals surface area contributed by atoms with E-state index < -0.39 is 77.9 Å². The first-order valence-electron chi connectivity index (χ1n) is 35.7. The van der Waals surface area contributed by atoms with Crippen molar-refractivity contribution < 1.29 is 50.6 Å². The van der Waals surface area contributed by atoms with E-state index in [4.69, 9.17) is 57.1 Å². The zero-order chi connectivity index (χ0) is 71.0. The quantitative estimate of drug-likeness (QED) is 0.0273. The van der Waals surface area contributed by atoms with Gasteiger partial charge in [0, 0.05) is 32.0 Å². The first kappa shape index (κ1) is 81.1. The Morgan fingerprint density at radius 1 is 0.558 bits per heavy atom. The van der Waals surface area contributed by atoms with Crippen molar-refractivity contribution in [2.75, 3.05) is 27.4 Å². The summed E-state index contributed by atoms with van der Waals surface area (Å²) in [5, 5.41) is 2.03. The summed E-state index contributed by atoms with van der Waals surface area (Å²) >= 11 is 0. The molecule has 2 heterocycles. The van der Waals surface area contributed by atoms with Crippen molar-refractivity contribution in [3.05, 3.63) is 139 Å². The fraction of sp³-hybridized carbons (Fsp3) is 0.671. The number of unbranched alkanes of at least 4 members (excludes halogenated alkanes) is 1. The summed E-state index contributed by atoms with van der Waals surface area (Å²) in [7, 11) is -9.23. The van der Waals surface area contributed by atoms with Crippen LogP contribution in [0.15, 0.2) is 127 Å². The van der Waals surface area contributed by atoms with Gasteiger partial charge >= 0.3 is 0 Å². The van der Waals surface area contributed by atoms with Crippen LogP contribution < -0.4 is 15.1 Å². The minimum Gasteiger partial charge on any atom is -0.497 e. The van der Waals surface area contributed by atoms with Crippen LogP contribution in [0.4, 0.5) is 0 Å². The molecule has 0 N–H and O–H groups in total. The molecule has 4 aromatic carbocycles. The zero-order valence-electron chi connectivity index (χ0n) is 64.5. The van der Waals surface area contributed by atoms with Gasteiger partial charge in [-0.1, -0.05) is 233 Å². The van der Waals surface area contributed by atoms with E-state index in [1.807, 2.05) is 19.2 Å². The molecule has 2 fully saturated rings. The van der Waals surface area contributed by atoms with E-state index in [0.717, 1.165) is 41.7 Å². The summed E-state index contributed by atoms with van der Waals surface area (Å²) in [5.41, 5.74) is 3.16. The monoisotopic (exact) mass is 1400 g/mol. The third-order valence-corrected chi connectivity index (χ3v) is 45.8. The molecular weight excluding hydrogens is 1270 g/mol. The van der Waals surface area contributed by atoms with Crippen molar-refractivity contribution >= 4 is 52.0 Å². The Bertz CT molecular complexity index is 2920. The minimum absolute atomic E-state index is 0.0327. The summed E-state index contributed by atoms with van der Waals surface area (Å²) in [6.45, 7) is 65.0. The van der Waals surface area contributed by atoms with Crippen molar-refractivity contribution in [2.45, 2.75) is 302 Å². The van der Waals surface area contributed by atoms with E-state index in [-0.39, 0.29) is 55.3 Å². The van der Waals surface area contributed by atoms with E-state index in [1.165, 1.54) is 10.4 Å². The Labute approximate surface area is 584 Å². The first-order valence-corrected chi connectivity index (χ1v) is 49.3. The standard InChI is InChI=1S/C79H132O11Si5/c1-58(52-64(87-91(21,22)74(4,5)6)57-82-55-62-47-49-63(80-19)50-48-62)53-68-72(89-93(25,26)76(10,11)12)70(83-56-61-40-32-29-33-41-61)60(3)71(85-68)73(90-94(27,28)77(13,14)15)79(81-20)54-69(88-92(23,24)75(7,8)9)59(2)67(86-79)46-38-39-51-84-95(78(16,17)18,65-42-34-30-35-43-65)66-44-36-31-37-45-66/h29-37,40-45,47-50,59-60,64,67-73H,1,38-39,46,51-57H2,2-28H3/t59-,60+,64-,67+,68+,69-,70+,71+,72+,73-,79+/m0/s1. The topological polar surface area (TPSA) is 102 Å². The van der Waals surface area contributed by atoms with Gasteiger partial charge in [0.25, 0.3) is 8.32 Å². The molecule has 0 spiro atoms. The van der Waals surface area contributed by atoms with Crippen LogP contribution in [0.2, 0.25) is 77.6 Å². The van der Waals surface area contributed by atoms with Crippen LogP contribution in [0, 0.1) is 11.8 Å². The van der Waals surface area contributed by atoms with E-state index in [2.05, 4.69) is 273 Å². The fourth-order valence-electron chi connectivity index (χ4n) is 12.6. The summed E-state index contributed by atoms with van der Waals surface area (Å²) < 4.78 is 81.5. The van der Waals surface area contributed by atoms with Gasteiger partial charge in [0.05, 0.1) is 69.7 Å². The molecule has 0 bridgehead atoms. The fourth-order valence-corrected chi connectivity index (χ4v) is 22.6. The molecule has 4 aromatic rings. The SMILES string of the molecule is C=C(C[C@@H](COCc1ccc(OC)cc1)O[Si](C)(C)C(C)(C)C)C[C@H]1O[C@@H]([C@H](O[Si](C)(C)C(C)(C)C)[C@@]2(OC)C[C@H](O[Si](C)(C)C(C)(C)C)[C@@H](C)[C@@H](CCCCO[Si](c3ccccc3)(c3ccccc3)C(C)(C)C)O2)[C@H](C)[C@@H](OCc2ccccc2)[C@@H]1O[Si](C)(C)C(C)(C)C. The van der Waals surface area contributed by atoms with Crippen LogP contribution in [-0.2, 0) is 59.0 Å². The maximum atomic E-state index is 8.13. The predicted molar refractivity (Wildman–Crippen MR) is 408 cm³/mol. The Morgan fingerprint density at radius 3 is 1.55 bits per heavy atom. The van der Waals surface area contributed by atoms with Gasteiger partial charge in [-0.05, 0) is 143 Å². The molecule has 2 aliphatic rings. The normalized spacial score (nSPS) is 23.9. The average molecular weight is 1400 g/mol. The zero-order valence-corrected chi connectivity index (χ0v) is 69.5. The van der Waals surface area contributed by atoms with Crippen LogP contribution in [0.25, 0.3) is 0 Å². The van der Waals surface area contributed by atoms with Crippen LogP contribution in [0.1, 0.15) is 167 Å². The lowest BCUT2D eigenvalue weighted by molar-refractivity contribution is -0.355. The summed E-state index contributed by atoms with van der Waals surface area (Å²) in [4.78, 5) is 0. The second-order valence-electron chi connectivity index (χ2n) is 35.1. The molecule has 16 heteroatoms. The Morgan fingerprint density at radius 2 is 1.05 bits per heavy atom. The number of methoxy groups -OCH3 is 2. The van der Waals surface area contributed by atoms with Crippen molar-refractivity contribution in [3.63, 3.8) is 0 Å². The first-order chi connectivity index (χ1) is 43.9. The summed E-state index contributed by atoms with van der Waals surface area (Å²) in [5.74, 6) is -0.743. The van der Waals surface area contributed by atoms with Gasteiger partial charge in [0.2, 0.25) is 0 Å². The van der Waals surface area contributed by atoms with Gasteiger partial charge in [-0.2, -0.15) is 0 Å². The maximum absolute atomic E-state index is 8.13. The Hall–Kier alpha value is -2.90. The Kier molecular flexibility index (Phi) is 27.6. The highest BCUT2D eigenvalue weighted by molar-refractivity contribution is 6.99. The highest BCUT2D eigenvalue weighted by Crippen LogP contribution is 2.52. The van der Waals surface area contributed by atoms with Crippen molar-refractivity contribution in [1.29, 1.82) is 0 Å². The van der Waals surface area contributed by atoms with Gasteiger partial charge in [0.1, 0.15) is 11.9 Å². The maximum Gasteiger partial charge on any atom is 0.261 e. The lowest BCUT2D eigenvalue weighted by Gasteiger charge is -2.58. The molecule has 0 amide bonds. The summed E-state index contributed by atoms with van der Waals surface area (Å²) in [6.07, 6.45) is 0.542. The molecule has 2 aliphatic heterocycles. The van der Waals surface area contributed by atoms with Gasteiger partial charge in [-0.25, -0.2) is 0 Å². The van der Waals surface area contributed by atoms with Crippen LogP contribution in [-0.4, -0.2) is 124 Å². The van der Waals surface area contributed by atoms with E-state index >= 15 is 0 Å². The lowest BCUT2D eigenvalue weighted by Crippen LogP contribution is -2.70. The van der Waals surface area contributed by atoms with Crippen LogP contribution in [0.3, 0.4) is 0 Å². The number of rotatable bonds is 31. The number of benzene rings is 4. The smallest absolute Gasteiger partial charge is 0.261 e. The second-order valence-corrected chi connectivity index (χ2v) is 58.4. The average Bonchev–Trinajstić information content (AvgIpc) is 0.743. The molecular formula is C79H132O11Si5. The highest BCUT2D eigenvalue weighted by atomic mass is 28.4. The number of hydrogen-bond donors (Lipinski definition) is 0. The molecule has 534 valence electrons. The van der Waals surface area contributed by atoms with E-state index in [9.17, 15) is 0 Å². The molecule has 2 saturated heterocycles. The lowest BCUT2D eigenvalue weighted by atomic mass is 9.78. The third kappa shape index (κ3) is 20.2. The summed E-state index contributed by atoms with van der Waals surface area (Å²) in [6, 6.07) is 40.5. The van der Waals surface area contributed by atoms with E-state index in [1.54, 1.807) is 7.11 Å². The van der Waals surface area contributed by atoms with Crippen molar-refractivity contribution in [3.8, 4) is 5.75 Å². The molecule has 0 unspecified atom stereocenters. The molecule has 0 radical (unpaired) electrons. The molecule has 95 heavy (non-hydrogen) atoms. The van der Waals surface area contributed by atoms with Gasteiger partial charge in [-0.3, -0.25) is 0 Å². The molecule has 0 aromatic heterocycles. The number of hydrogen-bond acceptors (Lipinski definition) is 11. The number of ether oxygens (including phenoxy) is 6. The Balaban J connectivity index is 1.48. The molecule has 11 atom stereocenters. The molecule has 11 nitrogen and oxygen atoms in total. The van der Waals surface area contributed by atoms with Gasteiger partial charge in [-0.15, -0.1) is 0 Å². The van der Waals surface area contributed by atoms with Crippen LogP contribution >= 0.6 is 0 Å². The van der Waals surface area contributed by atoms with Gasteiger partial charge in [0.15, 0.2) is 39.1 Å². The third-order valence-electron chi connectivity index (χ3n) is 22.8. The predicted octanol–water partition coefficient (Wildman–Crippen LogP) is 19.6. The molecule has 0 saturated carbocycles. The van der Waals surface area contributed by atoms with Gasteiger partial charge < -0.3 is 50.6 Å².